The third-order valence-corrected chi connectivity index (χ3v) is 4.13. The predicted octanol–water partition coefficient (Wildman–Crippen LogP) is 4.28. The minimum atomic E-state index is -0.607. The Labute approximate surface area is 167 Å². The summed E-state index contributed by atoms with van der Waals surface area (Å²) in [5.41, 5.74) is 6.60. The molecule has 4 N–H and O–H groups in total. The van der Waals surface area contributed by atoms with E-state index in [0.717, 1.165) is 0 Å². The molecule has 3 rings (SSSR count). The minimum Gasteiger partial charge on any atom is -0.455 e. The van der Waals surface area contributed by atoms with E-state index in [2.05, 4.69) is 10.6 Å². The van der Waals surface area contributed by atoms with Crippen LogP contribution in [0.5, 0.6) is 11.5 Å². The molecule has 0 saturated heterocycles. The van der Waals surface area contributed by atoms with Gasteiger partial charge in [-0.2, -0.15) is 0 Å². The first kappa shape index (κ1) is 19.3. The van der Waals surface area contributed by atoms with Gasteiger partial charge in [0.1, 0.15) is 5.75 Å². The number of hydrogen-bond donors (Lipinski definition) is 3. The van der Waals surface area contributed by atoms with Crippen molar-refractivity contribution < 1.29 is 14.3 Å². The van der Waals surface area contributed by atoms with E-state index in [9.17, 15) is 9.59 Å². The molecule has 0 atom stereocenters. The summed E-state index contributed by atoms with van der Waals surface area (Å²) in [7, 11) is 0. The predicted molar refractivity (Wildman–Crippen MR) is 110 cm³/mol. The van der Waals surface area contributed by atoms with Crippen LogP contribution in [-0.4, -0.2) is 18.4 Å². The van der Waals surface area contributed by atoms with Gasteiger partial charge in [0.25, 0.3) is 0 Å². The first-order valence-electron chi connectivity index (χ1n) is 8.48. The lowest BCUT2D eigenvalue weighted by Crippen LogP contribution is -2.22. The van der Waals surface area contributed by atoms with Crippen LogP contribution in [0.2, 0.25) is 5.02 Å². The Kier molecular flexibility index (Phi) is 6.14. The molecule has 3 aromatic rings. The van der Waals surface area contributed by atoms with Gasteiger partial charge in [0.15, 0.2) is 5.75 Å². The highest BCUT2D eigenvalue weighted by Crippen LogP contribution is 2.29. The van der Waals surface area contributed by atoms with Crippen molar-refractivity contribution in [2.45, 2.75) is 0 Å². The molecule has 28 heavy (non-hydrogen) atoms. The summed E-state index contributed by atoms with van der Waals surface area (Å²) in [5.74, 6) is 0.339. The summed E-state index contributed by atoms with van der Waals surface area (Å²) in [6, 6.07) is 21.2. The van der Waals surface area contributed by atoms with Crippen LogP contribution in [0.25, 0.3) is 0 Å². The number of amides is 2. The Hall–Kier alpha value is -3.51. The van der Waals surface area contributed by atoms with E-state index in [0.29, 0.717) is 22.9 Å². The third kappa shape index (κ3) is 5.02. The monoisotopic (exact) mass is 395 g/mol. The van der Waals surface area contributed by atoms with Crippen molar-refractivity contribution in [2.24, 2.45) is 5.73 Å². The summed E-state index contributed by atoms with van der Waals surface area (Å²) < 4.78 is 5.83. The van der Waals surface area contributed by atoms with Crippen LogP contribution in [0.3, 0.4) is 0 Å². The Morgan fingerprint density at radius 3 is 2.39 bits per heavy atom. The minimum absolute atomic E-state index is 0.00587. The summed E-state index contributed by atoms with van der Waals surface area (Å²) in [6.07, 6.45) is 0. The standard InChI is InChI=1S/C21H18ClN3O3/c22-17-12-14(10-11-16(17)21(23)27)24-13-20(26)25-18-8-4-5-9-19(18)28-15-6-2-1-3-7-15/h1-12,24H,13H2,(H2,23,27)(H,25,26). The molecular formula is C21H18ClN3O3. The molecule has 0 aliphatic carbocycles. The Morgan fingerprint density at radius 2 is 1.68 bits per heavy atom. The zero-order chi connectivity index (χ0) is 19.9. The number of para-hydroxylation sites is 3. The van der Waals surface area contributed by atoms with Gasteiger partial charge < -0.3 is 21.1 Å². The number of carbonyl (C=O) groups excluding carboxylic acids is 2. The zero-order valence-electron chi connectivity index (χ0n) is 14.8. The van der Waals surface area contributed by atoms with Crippen molar-refractivity contribution >= 4 is 34.8 Å². The summed E-state index contributed by atoms with van der Waals surface area (Å²) in [4.78, 5) is 23.5. The molecule has 3 aromatic carbocycles. The molecule has 0 heterocycles. The van der Waals surface area contributed by atoms with Crippen LogP contribution < -0.4 is 21.1 Å². The van der Waals surface area contributed by atoms with Gasteiger partial charge in [-0.3, -0.25) is 9.59 Å². The number of nitrogens with one attached hydrogen (secondary N) is 2. The lowest BCUT2D eigenvalue weighted by Gasteiger charge is -2.13. The van der Waals surface area contributed by atoms with E-state index in [1.165, 1.54) is 6.07 Å². The number of anilines is 2. The van der Waals surface area contributed by atoms with Crippen LogP contribution in [0.4, 0.5) is 11.4 Å². The SMILES string of the molecule is NC(=O)c1ccc(NCC(=O)Nc2ccccc2Oc2ccccc2)cc1Cl. The third-order valence-electron chi connectivity index (χ3n) is 3.82. The van der Waals surface area contributed by atoms with Crippen molar-refractivity contribution in [1.82, 2.24) is 0 Å². The second kappa shape index (κ2) is 8.92. The number of hydrogen-bond acceptors (Lipinski definition) is 4. The number of benzene rings is 3. The van der Waals surface area contributed by atoms with E-state index in [-0.39, 0.29) is 23.0 Å². The van der Waals surface area contributed by atoms with Crippen molar-refractivity contribution in [3.05, 3.63) is 83.4 Å². The largest absolute Gasteiger partial charge is 0.455 e. The quantitative estimate of drug-likeness (QED) is 0.556. The van der Waals surface area contributed by atoms with Gasteiger partial charge >= 0.3 is 0 Å². The van der Waals surface area contributed by atoms with Crippen LogP contribution >= 0.6 is 11.6 Å². The molecule has 6 nitrogen and oxygen atoms in total. The highest BCUT2D eigenvalue weighted by molar-refractivity contribution is 6.34. The van der Waals surface area contributed by atoms with Crippen molar-refractivity contribution in [1.29, 1.82) is 0 Å². The van der Waals surface area contributed by atoms with Gasteiger partial charge in [0.05, 0.1) is 22.8 Å². The Morgan fingerprint density at radius 1 is 0.964 bits per heavy atom. The smallest absolute Gasteiger partial charge is 0.250 e. The Balaban J connectivity index is 1.62. The molecule has 0 radical (unpaired) electrons. The molecular weight excluding hydrogens is 378 g/mol. The summed E-state index contributed by atoms with van der Waals surface area (Å²) in [5, 5.41) is 5.98. The molecule has 0 aliphatic rings. The molecule has 0 fully saturated rings. The van der Waals surface area contributed by atoms with Crippen LogP contribution in [-0.2, 0) is 4.79 Å². The van der Waals surface area contributed by atoms with Crippen molar-refractivity contribution in [3.8, 4) is 11.5 Å². The molecule has 7 heteroatoms. The van der Waals surface area contributed by atoms with Crippen LogP contribution in [0, 0.1) is 0 Å². The molecule has 142 valence electrons. The fraction of sp³-hybridized carbons (Fsp3) is 0.0476. The maximum absolute atomic E-state index is 12.3. The van der Waals surface area contributed by atoms with Gasteiger partial charge in [-0.05, 0) is 42.5 Å². The normalized spacial score (nSPS) is 10.2. The van der Waals surface area contributed by atoms with Gasteiger partial charge in [-0.15, -0.1) is 0 Å². The fourth-order valence-corrected chi connectivity index (χ4v) is 2.75. The fourth-order valence-electron chi connectivity index (χ4n) is 2.48. The second-order valence-corrected chi connectivity index (χ2v) is 6.28. The number of rotatable bonds is 7. The number of primary amides is 1. The first-order valence-corrected chi connectivity index (χ1v) is 8.86. The van der Waals surface area contributed by atoms with E-state index >= 15 is 0 Å². The number of carbonyl (C=O) groups is 2. The van der Waals surface area contributed by atoms with Gasteiger partial charge in [0, 0.05) is 5.69 Å². The average Bonchev–Trinajstić information content (AvgIpc) is 2.68. The van der Waals surface area contributed by atoms with Crippen LogP contribution in [0.1, 0.15) is 10.4 Å². The number of nitrogens with two attached hydrogens (primary N) is 1. The van der Waals surface area contributed by atoms with Gasteiger partial charge in [-0.1, -0.05) is 41.9 Å². The lowest BCUT2D eigenvalue weighted by molar-refractivity contribution is -0.114. The molecule has 0 aromatic heterocycles. The summed E-state index contributed by atoms with van der Waals surface area (Å²) >= 11 is 6.01. The highest BCUT2D eigenvalue weighted by atomic mass is 35.5. The summed E-state index contributed by atoms with van der Waals surface area (Å²) in [6.45, 7) is 0.00587. The molecule has 0 bridgehead atoms. The molecule has 0 spiro atoms. The Bertz CT molecular complexity index is 993. The topological polar surface area (TPSA) is 93.5 Å². The maximum atomic E-state index is 12.3. The van der Waals surface area contributed by atoms with Crippen LogP contribution in [0.15, 0.2) is 72.8 Å². The van der Waals surface area contributed by atoms with E-state index in [1.807, 2.05) is 42.5 Å². The number of ether oxygens (including phenoxy) is 1. The van der Waals surface area contributed by atoms with Crippen molar-refractivity contribution in [3.63, 3.8) is 0 Å². The second-order valence-electron chi connectivity index (χ2n) is 5.87. The lowest BCUT2D eigenvalue weighted by atomic mass is 10.2. The average molecular weight is 396 g/mol. The van der Waals surface area contributed by atoms with Crippen molar-refractivity contribution in [2.75, 3.05) is 17.2 Å². The van der Waals surface area contributed by atoms with E-state index < -0.39 is 5.91 Å². The zero-order valence-corrected chi connectivity index (χ0v) is 15.6. The molecule has 0 aliphatic heterocycles. The van der Waals surface area contributed by atoms with Gasteiger partial charge in [0.2, 0.25) is 11.8 Å². The molecule has 0 unspecified atom stereocenters. The van der Waals surface area contributed by atoms with E-state index in [4.69, 9.17) is 22.1 Å². The molecule has 2 amide bonds. The maximum Gasteiger partial charge on any atom is 0.250 e. The van der Waals surface area contributed by atoms with Gasteiger partial charge in [-0.25, -0.2) is 0 Å². The molecule has 0 saturated carbocycles. The highest BCUT2D eigenvalue weighted by Gasteiger charge is 2.10. The van der Waals surface area contributed by atoms with E-state index in [1.54, 1.807) is 24.3 Å². The first-order chi connectivity index (χ1) is 13.5. The number of halogens is 1.